The highest BCUT2D eigenvalue weighted by Crippen LogP contribution is 2.15. The van der Waals surface area contributed by atoms with E-state index in [0.717, 1.165) is 44.6 Å². The van der Waals surface area contributed by atoms with Crippen LogP contribution in [0.5, 0.6) is 0 Å². The molecule has 0 spiro atoms. The topological polar surface area (TPSA) is 35.5 Å². The summed E-state index contributed by atoms with van der Waals surface area (Å²) in [6, 6.07) is 0. The van der Waals surface area contributed by atoms with Crippen molar-refractivity contribution in [3.63, 3.8) is 0 Å². The third-order valence-corrected chi connectivity index (χ3v) is 3.11. The van der Waals surface area contributed by atoms with E-state index in [1.807, 2.05) is 6.92 Å². The van der Waals surface area contributed by atoms with Gasteiger partial charge < -0.3 is 15.3 Å². The first kappa shape index (κ1) is 13.9. The summed E-state index contributed by atoms with van der Waals surface area (Å²) in [4.78, 5) is 2.40. The van der Waals surface area contributed by atoms with Gasteiger partial charge in [-0.2, -0.15) is 0 Å². The Kier molecular flexibility index (Phi) is 6.32. The van der Waals surface area contributed by atoms with Crippen LogP contribution in [-0.4, -0.2) is 48.8 Å². The Hall–Kier alpha value is -0.120. The molecule has 16 heavy (non-hydrogen) atoms. The molecular formula is C13H28N2O. The van der Waals surface area contributed by atoms with Crippen molar-refractivity contribution in [2.24, 2.45) is 11.8 Å². The summed E-state index contributed by atoms with van der Waals surface area (Å²) in [5.41, 5.74) is 0. The number of nitrogens with zero attached hydrogens (tertiary/aromatic N) is 1. The number of nitrogens with one attached hydrogen (secondary N) is 1. The van der Waals surface area contributed by atoms with Crippen molar-refractivity contribution in [1.29, 1.82) is 0 Å². The maximum atomic E-state index is 9.38. The fourth-order valence-corrected chi connectivity index (χ4v) is 2.43. The molecule has 3 nitrogen and oxygen atoms in total. The number of hydrogen-bond donors (Lipinski definition) is 2. The van der Waals surface area contributed by atoms with Gasteiger partial charge in [-0.15, -0.1) is 0 Å². The van der Waals surface area contributed by atoms with Crippen LogP contribution in [0.1, 0.15) is 33.6 Å². The quantitative estimate of drug-likeness (QED) is 0.720. The molecule has 0 saturated carbocycles. The van der Waals surface area contributed by atoms with Crippen LogP contribution in [0.25, 0.3) is 0 Å². The molecular weight excluding hydrogens is 200 g/mol. The van der Waals surface area contributed by atoms with E-state index in [-0.39, 0.29) is 6.10 Å². The number of piperidine rings is 1. The Bertz CT molecular complexity index is 183. The van der Waals surface area contributed by atoms with Crippen LogP contribution >= 0.6 is 0 Å². The van der Waals surface area contributed by atoms with Gasteiger partial charge in [0.15, 0.2) is 0 Å². The number of aliphatic hydroxyl groups excluding tert-OH is 1. The third-order valence-electron chi connectivity index (χ3n) is 3.11. The van der Waals surface area contributed by atoms with Gasteiger partial charge in [0.2, 0.25) is 0 Å². The average molecular weight is 228 g/mol. The Morgan fingerprint density at radius 2 is 2.12 bits per heavy atom. The Morgan fingerprint density at radius 1 is 1.38 bits per heavy atom. The minimum Gasteiger partial charge on any atom is -0.392 e. The molecule has 0 bridgehead atoms. The van der Waals surface area contributed by atoms with E-state index in [9.17, 15) is 5.11 Å². The van der Waals surface area contributed by atoms with Crippen molar-refractivity contribution >= 4 is 0 Å². The molecule has 96 valence electrons. The predicted octanol–water partition coefficient (Wildman–Crippen LogP) is 1.32. The fraction of sp³-hybridized carbons (Fsp3) is 1.00. The van der Waals surface area contributed by atoms with Crippen molar-refractivity contribution in [2.45, 2.75) is 39.7 Å². The van der Waals surface area contributed by atoms with Crippen LogP contribution in [0.2, 0.25) is 0 Å². The third kappa shape index (κ3) is 5.83. The smallest absolute Gasteiger partial charge is 0.0639 e. The van der Waals surface area contributed by atoms with Gasteiger partial charge in [0.1, 0.15) is 0 Å². The molecule has 1 saturated heterocycles. The van der Waals surface area contributed by atoms with Crippen LogP contribution in [0.3, 0.4) is 0 Å². The zero-order valence-electron chi connectivity index (χ0n) is 11.1. The first-order valence-corrected chi connectivity index (χ1v) is 6.69. The monoisotopic (exact) mass is 228 g/mol. The minimum atomic E-state index is -0.192. The molecule has 2 N–H and O–H groups in total. The van der Waals surface area contributed by atoms with E-state index in [0.29, 0.717) is 0 Å². The van der Waals surface area contributed by atoms with Gasteiger partial charge in [-0.1, -0.05) is 13.8 Å². The van der Waals surface area contributed by atoms with Crippen LogP contribution in [0.4, 0.5) is 0 Å². The van der Waals surface area contributed by atoms with Crippen LogP contribution in [0, 0.1) is 11.8 Å². The highest BCUT2D eigenvalue weighted by molar-refractivity contribution is 4.75. The molecule has 3 heteroatoms. The maximum Gasteiger partial charge on any atom is 0.0639 e. The fourth-order valence-electron chi connectivity index (χ4n) is 2.43. The molecule has 0 aromatic heterocycles. The molecule has 0 aliphatic carbocycles. The molecule has 1 aliphatic heterocycles. The number of hydrogen-bond acceptors (Lipinski definition) is 3. The molecule has 1 heterocycles. The zero-order chi connectivity index (χ0) is 12.0. The van der Waals surface area contributed by atoms with Crippen LogP contribution < -0.4 is 5.32 Å². The van der Waals surface area contributed by atoms with Gasteiger partial charge in [0.25, 0.3) is 0 Å². The van der Waals surface area contributed by atoms with E-state index in [1.165, 1.54) is 12.8 Å². The van der Waals surface area contributed by atoms with E-state index in [2.05, 4.69) is 24.1 Å². The Morgan fingerprint density at radius 3 is 2.75 bits per heavy atom. The van der Waals surface area contributed by atoms with Crippen LogP contribution in [-0.2, 0) is 0 Å². The minimum absolute atomic E-state index is 0.192. The number of aliphatic hydroxyl groups is 1. The van der Waals surface area contributed by atoms with E-state index >= 15 is 0 Å². The lowest BCUT2D eigenvalue weighted by Gasteiger charge is -2.33. The van der Waals surface area contributed by atoms with Crippen molar-refractivity contribution in [3.05, 3.63) is 0 Å². The molecule has 2 unspecified atom stereocenters. The Labute approximate surface area is 100 Å². The maximum absolute atomic E-state index is 9.38. The molecule has 1 rings (SSSR count). The highest BCUT2D eigenvalue weighted by atomic mass is 16.3. The van der Waals surface area contributed by atoms with Gasteiger partial charge >= 0.3 is 0 Å². The van der Waals surface area contributed by atoms with Crippen molar-refractivity contribution in [1.82, 2.24) is 10.2 Å². The largest absolute Gasteiger partial charge is 0.392 e. The first-order valence-electron chi connectivity index (χ1n) is 6.69. The summed E-state index contributed by atoms with van der Waals surface area (Å²) < 4.78 is 0. The second-order valence-corrected chi connectivity index (χ2v) is 5.67. The van der Waals surface area contributed by atoms with E-state index in [1.54, 1.807) is 0 Å². The number of β-amino-alcohol motifs (C(OH)–C–C–N with tert-alkyl or cyclic N) is 1. The summed E-state index contributed by atoms with van der Waals surface area (Å²) in [6.45, 7) is 11.8. The zero-order valence-corrected chi connectivity index (χ0v) is 11.1. The lowest BCUT2D eigenvalue weighted by molar-refractivity contribution is 0.0943. The lowest BCUT2D eigenvalue weighted by Crippen LogP contribution is -2.42. The van der Waals surface area contributed by atoms with Crippen LogP contribution in [0.15, 0.2) is 0 Å². The Balaban J connectivity index is 2.17. The lowest BCUT2D eigenvalue weighted by atomic mass is 9.97. The van der Waals surface area contributed by atoms with Crippen molar-refractivity contribution < 1.29 is 5.11 Å². The number of rotatable bonds is 6. The molecule has 0 radical (unpaired) electrons. The summed E-state index contributed by atoms with van der Waals surface area (Å²) >= 11 is 0. The normalized spacial score (nSPS) is 24.9. The summed E-state index contributed by atoms with van der Waals surface area (Å²) in [5.74, 6) is 1.50. The average Bonchev–Trinajstić information content (AvgIpc) is 2.16. The highest BCUT2D eigenvalue weighted by Gasteiger charge is 2.20. The molecule has 2 atom stereocenters. The second kappa shape index (κ2) is 7.25. The van der Waals surface area contributed by atoms with E-state index in [4.69, 9.17) is 0 Å². The molecule has 0 amide bonds. The van der Waals surface area contributed by atoms with Gasteiger partial charge in [0, 0.05) is 13.1 Å². The van der Waals surface area contributed by atoms with Gasteiger partial charge in [0.05, 0.1) is 6.10 Å². The summed E-state index contributed by atoms with van der Waals surface area (Å²) in [5, 5.41) is 12.9. The summed E-state index contributed by atoms with van der Waals surface area (Å²) in [6.07, 6.45) is 2.42. The second-order valence-electron chi connectivity index (χ2n) is 5.67. The molecule has 0 aromatic carbocycles. The standard InChI is InChI=1S/C13H28N2O/c1-11(2)7-14-8-13-5-4-6-15(10-13)9-12(3)16/h11-14,16H,4-10H2,1-3H3. The summed E-state index contributed by atoms with van der Waals surface area (Å²) in [7, 11) is 0. The number of likely N-dealkylation sites (tertiary alicyclic amines) is 1. The molecule has 1 fully saturated rings. The first-order chi connectivity index (χ1) is 7.58. The van der Waals surface area contributed by atoms with Gasteiger partial charge in [-0.25, -0.2) is 0 Å². The van der Waals surface area contributed by atoms with Crippen molar-refractivity contribution in [2.75, 3.05) is 32.7 Å². The molecule has 0 aromatic rings. The van der Waals surface area contributed by atoms with E-state index < -0.39 is 0 Å². The van der Waals surface area contributed by atoms with Gasteiger partial charge in [-0.3, -0.25) is 0 Å². The van der Waals surface area contributed by atoms with Crippen molar-refractivity contribution in [3.8, 4) is 0 Å². The molecule has 1 aliphatic rings. The van der Waals surface area contributed by atoms with Gasteiger partial charge in [-0.05, 0) is 51.2 Å². The predicted molar refractivity (Wildman–Crippen MR) is 68.6 cm³/mol. The SMILES string of the molecule is CC(C)CNCC1CCCN(CC(C)O)C1.